The zero-order chi connectivity index (χ0) is 21.8. The third-order valence-electron chi connectivity index (χ3n) is 7.02. The van der Waals surface area contributed by atoms with E-state index in [9.17, 15) is 4.79 Å². The molecule has 6 nitrogen and oxygen atoms in total. The number of amides is 1. The van der Waals surface area contributed by atoms with Gasteiger partial charge < -0.3 is 14.6 Å². The molecule has 1 aromatic carbocycles. The van der Waals surface area contributed by atoms with E-state index in [1.165, 1.54) is 18.2 Å². The van der Waals surface area contributed by atoms with Crippen LogP contribution in [-0.4, -0.2) is 52.9 Å². The molecule has 0 radical (unpaired) electrons. The van der Waals surface area contributed by atoms with Crippen molar-refractivity contribution < 1.29 is 9.21 Å². The lowest BCUT2D eigenvalue weighted by Crippen LogP contribution is -2.49. The topological polar surface area (TPSA) is 61.6 Å². The first-order valence-electron chi connectivity index (χ1n) is 11.8. The maximum absolute atomic E-state index is 12.6. The molecule has 5 rings (SSSR count). The number of para-hydroxylation sites is 1. The average Bonchev–Trinajstić information content (AvgIpc) is 3.26. The molecule has 2 fully saturated rings. The van der Waals surface area contributed by atoms with E-state index in [2.05, 4.69) is 38.3 Å². The zero-order valence-corrected chi connectivity index (χ0v) is 18.6. The molecular formula is C26H32N4O2. The molecule has 3 aromatic rings. The minimum absolute atomic E-state index is 0.135. The maximum atomic E-state index is 12.6. The molecule has 2 aliphatic heterocycles. The molecule has 2 aliphatic rings. The molecule has 0 saturated carbocycles. The lowest BCUT2D eigenvalue weighted by molar-refractivity contribution is -0.126. The highest BCUT2D eigenvalue weighted by atomic mass is 16.3. The second-order valence-corrected chi connectivity index (χ2v) is 9.15. The molecule has 0 aliphatic carbocycles. The van der Waals surface area contributed by atoms with Gasteiger partial charge in [0, 0.05) is 49.4 Å². The van der Waals surface area contributed by atoms with Gasteiger partial charge in [0.25, 0.3) is 0 Å². The number of carbonyl (C=O) groups excluding carboxylic acids is 1. The van der Waals surface area contributed by atoms with E-state index in [4.69, 9.17) is 4.42 Å². The van der Waals surface area contributed by atoms with Crippen molar-refractivity contribution in [3.63, 3.8) is 0 Å². The van der Waals surface area contributed by atoms with Crippen LogP contribution in [0.25, 0.3) is 11.0 Å². The third-order valence-corrected chi connectivity index (χ3v) is 7.02. The first-order chi connectivity index (χ1) is 15.7. The predicted octanol–water partition coefficient (Wildman–Crippen LogP) is 3.82. The Balaban J connectivity index is 1.04. The van der Waals surface area contributed by atoms with Crippen LogP contribution in [0.3, 0.4) is 0 Å². The van der Waals surface area contributed by atoms with Gasteiger partial charge in [-0.2, -0.15) is 0 Å². The fourth-order valence-corrected chi connectivity index (χ4v) is 5.14. The Morgan fingerprint density at radius 1 is 1.03 bits per heavy atom. The number of fused-ring (bicyclic) bond motifs is 1. The Hall–Kier alpha value is -2.70. The van der Waals surface area contributed by atoms with Crippen LogP contribution in [0.4, 0.5) is 0 Å². The Bertz CT molecular complexity index is 985. The van der Waals surface area contributed by atoms with Crippen LogP contribution >= 0.6 is 0 Å². The van der Waals surface area contributed by atoms with Crippen molar-refractivity contribution in [2.45, 2.75) is 44.8 Å². The Morgan fingerprint density at radius 2 is 1.84 bits per heavy atom. The number of benzene rings is 1. The Labute approximate surface area is 189 Å². The van der Waals surface area contributed by atoms with Crippen LogP contribution in [0.15, 0.2) is 59.3 Å². The normalized spacial score (nSPS) is 19.4. The van der Waals surface area contributed by atoms with Crippen molar-refractivity contribution in [2.24, 2.45) is 5.92 Å². The molecule has 0 spiro atoms. The van der Waals surface area contributed by atoms with Crippen molar-refractivity contribution in [3.05, 3.63) is 66.2 Å². The number of aromatic nitrogens is 1. The quantitative estimate of drug-likeness (QED) is 0.642. The number of carbonyl (C=O) groups is 1. The first-order valence-corrected chi connectivity index (χ1v) is 11.8. The predicted molar refractivity (Wildman–Crippen MR) is 125 cm³/mol. The highest BCUT2D eigenvalue weighted by molar-refractivity contribution is 5.78. The highest BCUT2D eigenvalue weighted by Gasteiger charge is 2.30. The van der Waals surface area contributed by atoms with Crippen LogP contribution in [0.1, 0.15) is 37.0 Å². The number of rotatable bonds is 6. The van der Waals surface area contributed by atoms with E-state index in [1.54, 1.807) is 6.20 Å². The van der Waals surface area contributed by atoms with Gasteiger partial charge in [-0.25, -0.2) is 0 Å². The molecule has 4 heterocycles. The summed E-state index contributed by atoms with van der Waals surface area (Å²) in [4.78, 5) is 21.8. The smallest absolute Gasteiger partial charge is 0.223 e. The monoisotopic (exact) mass is 432 g/mol. The van der Waals surface area contributed by atoms with Gasteiger partial charge in [0.05, 0.1) is 6.54 Å². The summed E-state index contributed by atoms with van der Waals surface area (Å²) in [6.07, 6.45) is 7.86. The molecular weight excluding hydrogens is 400 g/mol. The lowest BCUT2D eigenvalue weighted by Gasteiger charge is -2.41. The summed E-state index contributed by atoms with van der Waals surface area (Å²) < 4.78 is 6.00. The molecule has 2 aromatic heterocycles. The highest BCUT2D eigenvalue weighted by Crippen LogP contribution is 2.26. The molecule has 2 saturated heterocycles. The van der Waals surface area contributed by atoms with E-state index in [0.29, 0.717) is 12.6 Å². The number of hydrogen-bond acceptors (Lipinski definition) is 5. The zero-order valence-electron chi connectivity index (χ0n) is 18.6. The van der Waals surface area contributed by atoms with Gasteiger partial charge in [-0.3, -0.25) is 14.7 Å². The fraction of sp³-hybridized carbons (Fsp3) is 0.462. The van der Waals surface area contributed by atoms with E-state index < -0.39 is 0 Å². The standard InChI is InChI=1S/C26H32N4O2/c31-26(28-18-20-4-3-11-27-17-20)21-7-14-30(15-8-21)23-9-12-29(13-10-23)19-24-16-22-5-1-2-6-25(22)32-24/h1-6,11,16-17,21,23H,7-10,12-15,18-19H2,(H,28,31). The largest absolute Gasteiger partial charge is 0.460 e. The number of furan rings is 1. The second-order valence-electron chi connectivity index (χ2n) is 9.15. The minimum Gasteiger partial charge on any atom is -0.460 e. The van der Waals surface area contributed by atoms with Crippen molar-refractivity contribution in [1.29, 1.82) is 0 Å². The number of likely N-dealkylation sites (tertiary alicyclic amines) is 2. The lowest BCUT2D eigenvalue weighted by atomic mass is 9.92. The molecule has 0 atom stereocenters. The van der Waals surface area contributed by atoms with Crippen LogP contribution in [-0.2, 0) is 17.9 Å². The van der Waals surface area contributed by atoms with E-state index in [-0.39, 0.29) is 11.8 Å². The first kappa shape index (κ1) is 21.2. The van der Waals surface area contributed by atoms with Crippen LogP contribution in [0, 0.1) is 5.92 Å². The van der Waals surface area contributed by atoms with Gasteiger partial charge in [-0.15, -0.1) is 0 Å². The molecule has 6 heteroatoms. The summed E-state index contributed by atoms with van der Waals surface area (Å²) in [7, 11) is 0. The molecule has 0 unspecified atom stereocenters. The van der Waals surface area contributed by atoms with Gasteiger partial charge in [-0.1, -0.05) is 24.3 Å². The molecule has 0 bridgehead atoms. The van der Waals surface area contributed by atoms with Crippen molar-refractivity contribution >= 4 is 16.9 Å². The van der Waals surface area contributed by atoms with Crippen molar-refractivity contribution in [1.82, 2.24) is 20.1 Å². The van der Waals surface area contributed by atoms with Gasteiger partial charge in [-0.05, 0) is 62.5 Å². The van der Waals surface area contributed by atoms with Crippen LogP contribution < -0.4 is 5.32 Å². The van der Waals surface area contributed by atoms with Crippen molar-refractivity contribution in [2.75, 3.05) is 26.2 Å². The summed E-state index contributed by atoms with van der Waals surface area (Å²) >= 11 is 0. The number of hydrogen-bond donors (Lipinski definition) is 1. The Morgan fingerprint density at radius 3 is 2.59 bits per heavy atom. The Kier molecular flexibility index (Phi) is 6.51. The minimum atomic E-state index is 0.135. The van der Waals surface area contributed by atoms with E-state index >= 15 is 0 Å². The van der Waals surface area contributed by atoms with Gasteiger partial charge >= 0.3 is 0 Å². The second kappa shape index (κ2) is 9.84. The average molecular weight is 433 g/mol. The molecule has 1 N–H and O–H groups in total. The summed E-state index contributed by atoms with van der Waals surface area (Å²) in [5.41, 5.74) is 2.03. The molecule has 1 amide bonds. The number of pyridine rings is 1. The molecule has 168 valence electrons. The van der Waals surface area contributed by atoms with Gasteiger partial charge in [0.2, 0.25) is 5.91 Å². The van der Waals surface area contributed by atoms with E-state index in [0.717, 1.165) is 62.5 Å². The van der Waals surface area contributed by atoms with E-state index in [1.807, 2.05) is 30.5 Å². The van der Waals surface area contributed by atoms with Crippen LogP contribution in [0.2, 0.25) is 0 Å². The number of piperidine rings is 2. The summed E-state index contributed by atoms with van der Waals surface area (Å²) in [6.45, 7) is 5.72. The summed E-state index contributed by atoms with van der Waals surface area (Å²) in [6, 6.07) is 14.9. The fourth-order valence-electron chi connectivity index (χ4n) is 5.14. The van der Waals surface area contributed by atoms with Gasteiger partial charge in [0.15, 0.2) is 0 Å². The maximum Gasteiger partial charge on any atom is 0.223 e. The third kappa shape index (κ3) is 5.03. The SMILES string of the molecule is O=C(NCc1cccnc1)C1CCN(C2CCN(Cc3cc4ccccc4o3)CC2)CC1. The summed E-state index contributed by atoms with van der Waals surface area (Å²) in [5, 5.41) is 4.27. The summed E-state index contributed by atoms with van der Waals surface area (Å²) in [5.74, 6) is 1.38. The van der Waals surface area contributed by atoms with Crippen LogP contribution in [0.5, 0.6) is 0 Å². The van der Waals surface area contributed by atoms with Crippen molar-refractivity contribution in [3.8, 4) is 0 Å². The number of nitrogens with one attached hydrogen (secondary N) is 1. The van der Waals surface area contributed by atoms with Gasteiger partial charge in [0.1, 0.15) is 11.3 Å². The molecule has 32 heavy (non-hydrogen) atoms. The number of nitrogens with zero attached hydrogens (tertiary/aromatic N) is 3.